The van der Waals surface area contributed by atoms with Crippen molar-refractivity contribution in [2.45, 2.75) is 63.6 Å². The molecule has 1 unspecified atom stereocenters. The molecule has 1 N–H and O–H groups in total. The lowest BCUT2D eigenvalue weighted by Gasteiger charge is -2.23. The fourth-order valence-electron chi connectivity index (χ4n) is 5.57. The molecule has 0 spiro atoms. The van der Waals surface area contributed by atoms with Crippen molar-refractivity contribution in [3.63, 3.8) is 0 Å². The van der Waals surface area contributed by atoms with Crippen LogP contribution in [0.2, 0.25) is 0 Å². The quantitative estimate of drug-likeness (QED) is 0.449. The second-order valence-electron chi connectivity index (χ2n) is 10.4. The Labute approximate surface area is 208 Å². The summed E-state index contributed by atoms with van der Waals surface area (Å²) in [5.74, 6) is 2.33. The van der Waals surface area contributed by atoms with E-state index in [0.29, 0.717) is 30.8 Å². The van der Waals surface area contributed by atoms with Gasteiger partial charge in [0.2, 0.25) is 11.8 Å². The number of imidazole rings is 1. The summed E-state index contributed by atoms with van der Waals surface area (Å²) >= 11 is 0. The Morgan fingerprint density at radius 1 is 1.11 bits per heavy atom. The molecule has 3 atom stereocenters. The molecule has 2 aliphatic heterocycles. The summed E-state index contributed by atoms with van der Waals surface area (Å²) in [4.78, 5) is 21.5. The Bertz CT molecular complexity index is 1440. The summed E-state index contributed by atoms with van der Waals surface area (Å²) in [5.41, 5.74) is 5.05. The largest absolute Gasteiger partial charge is 0.473 e. The van der Waals surface area contributed by atoms with Gasteiger partial charge in [-0.25, -0.2) is 9.97 Å². The number of nitrogens with one attached hydrogen (secondary N) is 1. The third-order valence-electron chi connectivity index (χ3n) is 7.95. The molecule has 184 valence electrons. The second kappa shape index (κ2) is 8.43. The number of carbonyl (C=O) groups excluding carboxylic acids is 1. The fourth-order valence-corrected chi connectivity index (χ4v) is 5.57. The molecule has 2 fully saturated rings. The van der Waals surface area contributed by atoms with Gasteiger partial charge in [0.25, 0.3) is 0 Å². The topological polar surface area (TPSA) is 99.8 Å². The van der Waals surface area contributed by atoms with Crippen LogP contribution in [0, 0.1) is 5.92 Å². The summed E-state index contributed by atoms with van der Waals surface area (Å²) in [6.07, 6.45) is 8.40. The number of rotatable bonds is 6. The first-order valence-corrected chi connectivity index (χ1v) is 12.9. The van der Waals surface area contributed by atoms with Crippen LogP contribution in [0.5, 0.6) is 5.88 Å². The second-order valence-corrected chi connectivity index (χ2v) is 10.4. The first kappa shape index (κ1) is 21.5. The minimum absolute atomic E-state index is 0.0867. The maximum atomic E-state index is 11.8. The molecule has 7 rings (SSSR count). The molecule has 3 aliphatic rings. The number of nitrogens with zero attached hydrogens (tertiary/aromatic N) is 6. The average Bonchev–Trinajstić information content (AvgIpc) is 3.27. The molecule has 1 aromatic carbocycles. The molecule has 5 heterocycles. The molecular weight excluding hydrogens is 454 g/mol. The van der Waals surface area contributed by atoms with E-state index in [9.17, 15) is 4.79 Å². The molecule has 1 amide bonds. The van der Waals surface area contributed by atoms with Gasteiger partial charge >= 0.3 is 0 Å². The number of aromatic nitrogens is 6. The number of aryl methyl sites for hydroxylation is 1. The number of benzene rings is 1. The van der Waals surface area contributed by atoms with E-state index >= 15 is 0 Å². The van der Waals surface area contributed by atoms with Gasteiger partial charge in [0.1, 0.15) is 23.8 Å². The number of amides is 1. The molecule has 9 heteroatoms. The molecule has 1 saturated carbocycles. The van der Waals surface area contributed by atoms with Crippen molar-refractivity contribution in [1.82, 2.24) is 34.6 Å². The zero-order valence-electron chi connectivity index (χ0n) is 20.3. The predicted octanol–water partition coefficient (Wildman–Crippen LogP) is 3.66. The average molecular weight is 484 g/mol. The van der Waals surface area contributed by atoms with E-state index in [1.165, 1.54) is 5.56 Å². The van der Waals surface area contributed by atoms with E-state index in [2.05, 4.69) is 55.0 Å². The number of pyridine rings is 1. The molecule has 36 heavy (non-hydrogen) atoms. The smallest absolute Gasteiger partial charge is 0.241 e. The van der Waals surface area contributed by atoms with Crippen molar-refractivity contribution >= 4 is 16.9 Å². The van der Waals surface area contributed by atoms with E-state index in [0.717, 1.165) is 60.3 Å². The normalized spacial score (nSPS) is 22.4. The lowest BCUT2D eigenvalue weighted by atomic mass is 9.89. The predicted molar refractivity (Wildman–Crippen MR) is 134 cm³/mol. The van der Waals surface area contributed by atoms with Gasteiger partial charge in [0.05, 0.1) is 17.5 Å². The Hall–Kier alpha value is -3.75. The van der Waals surface area contributed by atoms with Gasteiger partial charge in [0, 0.05) is 43.5 Å². The lowest BCUT2D eigenvalue weighted by molar-refractivity contribution is -0.119. The molecular formula is C27H29N7O2. The SMILES string of the molecule is C[C@@H](Oc1nc(-c2ccc(C3CCn4cnnc4C3)cc2)cc2ncn(C3CC3)c12)[C@H]1CNC(=O)C1. The van der Waals surface area contributed by atoms with Gasteiger partial charge in [-0.15, -0.1) is 10.2 Å². The Morgan fingerprint density at radius 2 is 1.97 bits per heavy atom. The van der Waals surface area contributed by atoms with Crippen molar-refractivity contribution in [2.75, 3.05) is 6.54 Å². The molecule has 3 aromatic heterocycles. The van der Waals surface area contributed by atoms with Crippen LogP contribution in [0.3, 0.4) is 0 Å². The van der Waals surface area contributed by atoms with Crippen molar-refractivity contribution in [1.29, 1.82) is 0 Å². The van der Waals surface area contributed by atoms with Crippen LogP contribution in [0.25, 0.3) is 22.3 Å². The standard InChI is InChI=1S/C27H29N7O2/c1-16(20-11-25(35)28-13-20)36-27-26-23(29-14-34(26)21-6-7-21)12-22(31-27)18-4-2-17(3-5-18)19-8-9-33-15-30-32-24(33)10-19/h2-5,12,14-16,19-21H,6-11,13H2,1H3,(H,28,35)/t16-,19?,20-/m1/s1. The fraction of sp³-hybridized carbons (Fsp3) is 0.444. The maximum absolute atomic E-state index is 11.8. The zero-order chi connectivity index (χ0) is 24.2. The van der Waals surface area contributed by atoms with Crippen LogP contribution in [0.4, 0.5) is 0 Å². The highest BCUT2D eigenvalue weighted by atomic mass is 16.5. The number of ether oxygens (including phenoxy) is 1. The van der Waals surface area contributed by atoms with E-state index in [4.69, 9.17) is 14.7 Å². The maximum Gasteiger partial charge on any atom is 0.241 e. The minimum Gasteiger partial charge on any atom is -0.473 e. The molecule has 1 saturated heterocycles. The zero-order valence-corrected chi connectivity index (χ0v) is 20.3. The van der Waals surface area contributed by atoms with Crippen molar-refractivity contribution in [2.24, 2.45) is 5.92 Å². The van der Waals surface area contributed by atoms with Crippen LogP contribution in [-0.2, 0) is 17.8 Å². The van der Waals surface area contributed by atoms with Gasteiger partial charge in [-0.1, -0.05) is 24.3 Å². The van der Waals surface area contributed by atoms with Crippen LogP contribution in [0.1, 0.15) is 56.0 Å². The number of hydrogen-bond acceptors (Lipinski definition) is 6. The van der Waals surface area contributed by atoms with Gasteiger partial charge in [-0.05, 0) is 43.7 Å². The van der Waals surface area contributed by atoms with Crippen LogP contribution in [0.15, 0.2) is 43.0 Å². The summed E-state index contributed by atoms with van der Waals surface area (Å²) in [7, 11) is 0. The molecule has 9 nitrogen and oxygen atoms in total. The van der Waals surface area contributed by atoms with Crippen molar-refractivity contribution < 1.29 is 9.53 Å². The van der Waals surface area contributed by atoms with E-state index in [1.807, 2.05) is 19.6 Å². The Morgan fingerprint density at radius 3 is 2.75 bits per heavy atom. The Balaban J connectivity index is 1.20. The van der Waals surface area contributed by atoms with Crippen LogP contribution >= 0.6 is 0 Å². The third-order valence-corrected chi connectivity index (χ3v) is 7.95. The van der Waals surface area contributed by atoms with E-state index in [-0.39, 0.29) is 17.9 Å². The summed E-state index contributed by atoms with van der Waals surface area (Å²) in [5, 5.41) is 11.2. The monoisotopic (exact) mass is 483 g/mol. The third kappa shape index (κ3) is 3.83. The van der Waals surface area contributed by atoms with Crippen molar-refractivity contribution in [3.8, 4) is 17.1 Å². The van der Waals surface area contributed by atoms with Gasteiger partial charge in [-0.3, -0.25) is 4.79 Å². The highest BCUT2D eigenvalue weighted by Crippen LogP contribution is 2.40. The number of carbonyl (C=O) groups is 1. The Kier molecular flexibility index (Phi) is 5.04. The summed E-state index contributed by atoms with van der Waals surface area (Å²) in [6.45, 7) is 3.63. The molecule has 0 bridgehead atoms. The van der Waals surface area contributed by atoms with E-state index < -0.39 is 0 Å². The van der Waals surface area contributed by atoms with Gasteiger partial charge in [0.15, 0.2) is 0 Å². The summed E-state index contributed by atoms with van der Waals surface area (Å²) < 4.78 is 10.8. The van der Waals surface area contributed by atoms with Crippen LogP contribution in [-0.4, -0.2) is 47.9 Å². The highest BCUT2D eigenvalue weighted by Gasteiger charge is 2.31. The van der Waals surface area contributed by atoms with Crippen molar-refractivity contribution in [3.05, 3.63) is 54.4 Å². The molecule has 0 radical (unpaired) electrons. The van der Waals surface area contributed by atoms with Gasteiger partial charge < -0.3 is 19.2 Å². The molecule has 4 aromatic rings. The first-order valence-electron chi connectivity index (χ1n) is 12.9. The number of fused-ring (bicyclic) bond motifs is 2. The van der Waals surface area contributed by atoms with E-state index in [1.54, 1.807) is 0 Å². The van der Waals surface area contributed by atoms with Crippen LogP contribution < -0.4 is 10.1 Å². The summed E-state index contributed by atoms with van der Waals surface area (Å²) in [6, 6.07) is 11.2. The highest BCUT2D eigenvalue weighted by molar-refractivity contribution is 5.85. The minimum atomic E-state index is -0.131. The number of hydrogen-bond donors (Lipinski definition) is 1. The molecule has 1 aliphatic carbocycles. The first-order chi connectivity index (χ1) is 17.6. The lowest BCUT2D eigenvalue weighted by Crippen LogP contribution is -2.26. The van der Waals surface area contributed by atoms with Gasteiger partial charge in [-0.2, -0.15) is 0 Å².